The minimum atomic E-state index is 0.0233. The maximum Gasteiger partial charge on any atom is 0.224 e. The Hall–Kier alpha value is -2.04. The molecule has 0 radical (unpaired) electrons. The van der Waals surface area contributed by atoms with Gasteiger partial charge in [-0.05, 0) is 16.4 Å². The van der Waals surface area contributed by atoms with Crippen molar-refractivity contribution in [2.24, 2.45) is 21.7 Å². The third kappa shape index (κ3) is 2.73. The Bertz CT molecular complexity index is 560. The molecule has 1 saturated carbocycles. The van der Waals surface area contributed by atoms with Crippen LogP contribution in [0.1, 0.15) is 38.8 Å². The molecule has 5 nitrogen and oxygen atoms in total. The van der Waals surface area contributed by atoms with E-state index in [1.165, 1.54) is 0 Å². The molecule has 1 fully saturated rings. The van der Waals surface area contributed by atoms with Crippen molar-refractivity contribution in [2.75, 3.05) is 0 Å². The van der Waals surface area contributed by atoms with Gasteiger partial charge in [-0.25, -0.2) is 0 Å². The van der Waals surface area contributed by atoms with E-state index in [1.54, 1.807) is 12.1 Å². The Morgan fingerprint density at radius 2 is 1.76 bits per heavy atom. The molecule has 1 aromatic carbocycles. The molecule has 2 rings (SSSR count). The van der Waals surface area contributed by atoms with Crippen molar-refractivity contribution in [3.05, 3.63) is 35.4 Å². The summed E-state index contributed by atoms with van der Waals surface area (Å²) in [5, 5.41) is 14.7. The maximum atomic E-state index is 12.1. The first-order valence-corrected chi connectivity index (χ1v) is 7.06. The van der Waals surface area contributed by atoms with E-state index in [1.807, 2.05) is 12.1 Å². The van der Waals surface area contributed by atoms with E-state index in [-0.39, 0.29) is 28.6 Å². The predicted molar refractivity (Wildman–Crippen MR) is 82.1 cm³/mol. The molecule has 1 amide bonds. The summed E-state index contributed by atoms with van der Waals surface area (Å²) in [5.74, 6) is 0.0858. The zero-order valence-electron chi connectivity index (χ0n) is 13.0. The van der Waals surface area contributed by atoms with Gasteiger partial charge in [0.25, 0.3) is 0 Å². The van der Waals surface area contributed by atoms with Crippen molar-refractivity contribution in [3.8, 4) is 0 Å². The Kier molecular flexibility index (Phi) is 3.70. The number of amides is 1. The molecule has 0 unspecified atom stereocenters. The second-order valence-electron chi connectivity index (χ2n) is 6.80. The first kappa shape index (κ1) is 15.4. The van der Waals surface area contributed by atoms with Gasteiger partial charge in [-0.2, -0.15) is 0 Å². The molecule has 1 aromatic rings. The summed E-state index contributed by atoms with van der Waals surface area (Å²) in [5.41, 5.74) is 7.31. The standard InChI is InChI=1S/C16H23N3O2/c1-15(2)14(16(15,3)4)18-12(20)9-10-5-7-11(8-6-10)13(17)19-21/h5-8,14,21H,9H2,1-4H3,(H2,17,19)(H,18,20). The predicted octanol–water partition coefficient (Wildman–Crippen LogP) is 1.87. The monoisotopic (exact) mass is 289 g/mol. The van der Waals surface area contributed by atoms with Crippen LogP contribution in [-0.2, 0) is 11.2 Å². The maximum absolute atomic E-state index is 12.1. The molecular weight excluding hydrogens is 266 g/mol. The molecule has 21 heavy (non-hydrogen) atoms. The van der Waals surface area contributed by atoms with Crippen molar-refractivity contribution >= 4 is 11.7 Å². The van der Waals surface area contributed by atoms with Crippen LogP contribution in [0.3, 0.4) is 0 Å². The minimum Gasteiger partial charge on any atom is -0.409 e. The van der Waals surface area contributed by atoms with E-state index in [9.17, 15) is 4.79 Å². The highest BCUT2D eigenvalue weighted by Crippen LogP contribution is 2.62. The van der Waals surface area contributed by atoms with Gasteiger partial charge in [-0.15, -0.1) is 0 Å². The molecule has 4 N–H and O–H groups in total. The molecule has 5 heteroatoms. The highest BCUT2D eigenvalue weighted by Gasteiger charge is 2.65. The van der Waals surface area contributed by atoms with E-state index in [0.29, 0.717) is 12.0 Å². The molecule has 0 bridgehead atoms. The van der Waals surface area contributed by atoms with Crippen LogP contribution in [0.2, 0.25) is 0 Å². The van der Waals surface area contributed by atoms with Gasteiger partial charge in [-0.3, -0.25) is 4.79 Å². The topological polar surface area (TPSA) is 87.7 Å². The molecule has 0 atom stereocenters. The number of rotatable bonds is 4. The zero-order chi connectivity index (χ0) is 15.8. The van der Waals surface area contributed by atoms with E-state index in [0.717, 1.165) is 5.56 Å². The number of carbonyl (C=O) groups is 1. The van der Waals surface area contributed by atoms with Gasteiger partial charge in [-0.1, -0.05) is 57.1 Å². The van der Waals surface area contributed by atoms with Gasteiger partial charge >= 0.3 is 0 Å². The molecule has 0 spiro atoms. The Labute approximate surface area is 125 Å². The van der Waals surface area contributed by atoms with Gasteiger partial charge < -0.3 is 16.3 Å². The third-order valence-electron chi connectivity index (χ3n) is 5.05. The number of hydrogen-bond acceptors (Lipinski definition) is 3. The summed E-state index contributed by atoms with van der Waals surface area (Å²) in [6.45, 7) is 8.68. The van der Waals surface area contributed by atoms with Crippen molar-refractivity contribution in [1.29, 1.82) is 0 Å². The van der Waals surface area contributed by atoms with E-state index in [2.05, 4.69) is 38.2 Å². The number of carbonyl (C=O) groups excluding carboxylic acids is 1. The van der Waals surface area contributed by atoms with Crippen molar-refractivity contribution in [1.82, 2.24) is 5.32 Å². The van der Waals surface area contributed by atoms with Crippen molar-refractivity contribution in [3.63, 3.8) is 0 Å². The van der Waals surface area contributed by atoms with E-state index < -0.39 is 0 Å². The molecule has 1 aliphatic carbocycles. The lowest BCUT2D eigenvalue weighted by atomic mass is 10.0. The Morgan fingerprint density at radius 3 is 2.19 bits per heavy atom. The first-order chi connectivity index (χ1) is 9.70. The molecule has 0 aliphatic heterocycles. The highest BCUT2D eigenvalue weighted by molar-refractivity contribution is 5.97. The second-order valence-corrected chi connectivity index (χ2v) is 6.80. The lowest BCUT2D eigenvalue weighted by molar-refractivity contribution is -0.120. The normalized spacial score (nSPS) is 20.1. The number of benzene rings is 1. The second kappa shape index (κ2) is 5.06. The average Bonchev–Trinajstić information content (AvgIpc) is 2.81. The van der Waals surface area contributed by atoms with Crippen molar-refractivity contribution < 1.29 is 10.0 Å². The Balaban J connectivity index is 1.95. The van der Waals surface area contributed by atoms with Crippen LogP contribution in [-0.4, -0.2) is 23.0 Å². The van der Waals surface area contributed by atoms with Crippen LogP contribution in [0.25, 0.3) is 0 Å². The number of oxime groups is 1. The summed E-state index contributed by atoms with van der Waals surface area (Å²) in [6.07, 6.45) is 0.332. The van der Waals surface area contributed by atoms with Crippen LogP contribution in [0, 0.1) is 10.8 Å². The van der Waals surface area contributed by atoms with Crippen LogP contribution >= 0.6 is 0 Å². The quantitative estimate of drug-likeness (QED) is 0.342. The summed E-state index contributed by atoms with van der Waals surface area (Å²) >= 11 is 0. The van der Waals surface area contributed by atoms with Gasteiger partial charge in [0.05, 0.1) is 6.42 Å². The number of nitrogens with two attached hydrogens (primary N) is 1. The van der Waals surface area contributed by atoms with Gasteiger partial charge in [0.2, 0.25) is 5.91 Å². The summed E-state index contributed by atoms with van der Waals surface area (Å²) in [7, 11) is 0. The average molecular weight is 289 g/mol. The lowest BCUT2D eigenvalue weighted by Gasteiger charge is -2.07. The van der Waals surface area contributed by atoms with Crippen molar-refractivity contribution in [2.45, 2.75) is 40.2 Å². The van der Waals surface area contributed by atoms with Crippen LogP contribution in [0.15, 0.2) is 29.4 Å². The summed E-state index contributed by atoms with van der Waals surface area (Å²) < 4.78 is 0. The van der Waals surface area contributed by atoms with Crippen LogP contribution < -0.4 is 11.1 Å². The van der Waals surface area contributed by atoms with Crippen LogP contribution in [0.4, 0.5) is 0 Å². The lowest BCUT2D eigenvalue weighted by Crippen LogP contribution is -2.31. The first-order valence-electron chi connectivity index (χ1n) is 7.06. The number of nitrogens with one attached hydrogen (secondary N) is 1. The molecule has 0 saturated heterocycles. The summed E-state index contributed by atoms with van der Waals surface area (Å²) in [4.78, 5) is 12.1. The minimum absolute atomic E-state index is 0.0233. The fourth-order valence-corrected chi connectivity index (χ4v) is 2.81. The fraction of sp³-hybridized carbons (Fsp3) is 0.500. The largest absolute Gasteiger partial charge is 0.409 e. The SMILES string of the molecule is CC1(C)C(NC(=O)Cc2ccc(C(N)=NO)cc2)C1(C)C. The Morgan fingerprint density at radius 1 is 1.24 bits per heavy atom. The van der Waals surface area contributed by atoms with E-state index in [4.69, 9.17) is 10.9 Å². The number of hydrogen-bond donors (Lipinski definition) is 3. The van der Waals surface area contributed by atoms with Gasteiger partial charge in [0, 0.05) is 11.6 Å². The van der Waals surface area contributed by atoms with Gasteiger partial charge in [0.15, 0.2) is 5.84 Å². The molecule has 114 valence electrons. The number of amidine groups is 1. The van der Waals surface area contributed by atoms with Crippen LogP contribution in [0.5, 0.6) is 0 Å². The summed E-state index contributed by atoms with van der Waals surface area (Å²) in [6, 6.07) is 7.33. The molecule has 1 aliphatic rings. The third-order valence-corrected chi connectivity index (χ3v) is 5.05. The molecule has 0 heterocycles. The molecule has 0 aromatic heterocycles. The van der Waals surface area contributed by atoms with Gasteiger partial charge in [0.1, 0.15) is 0 Å². The zero-order valence-corrected chi connectivity index (χ0v) is 13.0. The van der Waals surface area contributed by atoms with E-state index >= 15 is 0 Å². The number of nitrogens with zero attached hydrogens (tertiary/aromatic N) is 1. The fourth-order valence-electron chi connectivity index (χ4n) is 2.81. The smallest absolute Gasteiger partial charge is 0.224 e. The molecular formula is C16H23N3O2. The highest BCUT2D eigenvalue weighted by atomic mass is 16.4.